The van der Waals surface area contributed by atoms with Crippen molar-refractivity contribution in [2.45, 2.75) is 20.4 Å². The Kier molecular flexibility index (Phi) is 2.41. The molecule has 78 valence electrons. The molecule has 0 aliphatic heterocycles. The van der Waals surface area contributed by atoms with E-state index >= 15 is 0 Å². The second-order valence-electron chi connectivity index (χ2n) is 3.49. The molecule has 4 nitrogen and oxygen atoms in total. The van der Waals surface area contributed by atoms with E-state index in [1.165, 1.54) is 0 Å². The minimum atomic E-state index is 0.677. The lowest BCUT2D eigenvalue weighted by Gasteiger charge is -2.07. The van der Waals surface area contributed by atoms with Gasteiger partial charge in [-0.2, -0.15) is 0 Å². The molecule has 0 aliphatic carbocycles. The zero-order valence-corrected chi connectivity index (χ0v) is 8.94. The average Bonchev–Trinajstić information content (AvgIpc) is 2.65. The Hall–Kier alpha value is -1.84. The van der Waals surface area contributed by atoms with Gasteiger partial charge in [-0.15, -0.1) is 0 Å². The number of hydrogen-bond donors (Lipinski definition) is 1. The molecule has 2 heterocycles. The highest BCUT2D eigenvalue weighted by Gasteiger charge is 2.09. The lowest BCUT2D eigenvalue weighted by Crippen LogP contribution is -2.01. The van der Waals surface area contributed by atoms with E-state index in [1.807, 2.05) is 23.8 Å². The standard InChI is InChI=1S/C11H14N4/c1-3-15-5-4-13-11(15)10-9(12)6-8(2)7-14-10/h4-7H,3,12H2,1-2H3. The molecule has 0 aromatic carbocycles. The lowest BCUT2D eigenvalue weighted by molar-refractivity contribution is 0.768. The highest BCUT2D eigenvalue weighted by Crippen LogP contribution is 2.22. The van der Waals surface area contributed by atoms with Gasteiger partial charge in [0.1, 0.15) is 5.69 Å². The molecule has 0 amide bonds. The number of nitrogens with zero attached hydrogens (tertiary/aromatic N) is 3. The zero-order valence-electron chi connectivity index (χ0n) is 8.94. The molecule has 15 heavy (non-hydrogen) atoms. The largest absolute Gasteiger partial charge is 0.397 e. The molecule has 0 saturated carbocycles. The van der Waals surface area contributed by atoms with Crippen LogP contribution in [0.3, 0.4) is 0 Å². The van der Waals surface area contributed by atoms with Crippen LogP contribution in [0.1, 0.15) is 12.5 Å². The Morgan fingerprint density at radius 2 is 2.20 bits per heavy atom. The minimum Gasteiger partial charge on any atom is -0.397 e. The summed E-state index contributed by atoms with van der Waals surface area (Å²) in [5, 5.41) is 0. The lowest BCUT2D eigenvalue weighted by atomic mass is 10.2. The third-order valence-corrected chi connectivity index (χ3v) is 2.32. The van der Waals surface area contributed by atoms with Gasteiger partial charge < -0.3 is 10.3 Å². The Bertz CT molecular complexity index is 473. The van der Waals surface area contributed by atoms with E-state index in [0.29, 0.717) is 5.69 Å². The molecule has 2 aromatic heterocycles. The van der Waals surface area contributed by atoms with E-state index in [2.05, 4.69) is 16.9 Å². The molecule has 0 atom stereocenters. The summed E-state index contributed by atoms with van der Waals surface area (Å²) in [6.07, 6.45) is 5.50. The van der Waals surface area contributed by atoms with Crippen molar-refractivity contribution in [3.63, 3.8) is 0 Å². The number of aromatic nitrogens is 3. The van der Waals surface area contributed by atoms with E-state index < -0.39 is 0 Å². The van der Waals surface area contributed by atoms with Crippen molar-refractivity contribution in [3.8, 4) is 11.5 Å². The van der Waals surface area contributed by atoms with E-state index in [0.717, 1.165) is 23.6 Å². The Labute approximate surface area is 88.8 Å². The summed E-state index contributed by atoms with van der Waals surface area (Å²) in [6, 6.07) is 1.91. The van der Waals surface area contributed by atoms with Gasteiger partial charge in [0.05, 0.1) is 5.69 Å². The Morgan fingerprint density at radius 3 is 2.87 bits per heavy atom. The molecule has 0 fully saturated rings. The maximum atomic E-state index is 5.92. The van der Waals surface area contributed by atoms with Crippen molar-refractivity contribution in [2.24, 2.45) is 0 Å². The van der Waals surface area contributed by atoms with Gasteiger partial charge in [0.25, 0.3) is 0 Å². The van der Waals surface area contributed by atoms with E-state index in [9.17, 15) is 0 Å². The van der Waals surface area contributed by atoms with Crippen molar-refractivity contribution in [2.75, 3.05) is 5.73 Å². The molecule has 0 radical (unpaired) electrons. The van der Waals surface area contributed by atoms with E-state index in [1.54, 1.807) is 12.4 Å². The predicted molar refractivity (Wildman–Crippen MR) is 60.3 cm³/mol. The fraction of sp³-hybridized carbons (Fsp3) is 0.273. The van der Waals surface area contributed by atoms with Crippen molar-refractivity contribution >= 4 is 5.69 Å². The number of rotatable bonds is 2. The van der Waals surface area contributed by atoms with Crippen LogP contribution in [0.2, 0.25) is 0 Å². The van der Waals surface area contributed by atoms with Crippen LogP contribution in [-0.2, 0) is 6.54 Å². The number of anilines is 1. The molecule has 0 spiro atoms. The summed E-state index contributed by atoms with van der Waals surface area (Å²) in [6.45, 7) is 4.90. The van der Waals surface area contributed by atoms with Crippen molar-refractivity contribution in [1.29, 1.82) is 0 Å². The first-order valence-corrected chi connectivity index (χ1v) is 4.96. The summed E-state index contributed by atoms with van der Waals surface area (Å²) in [5.74, 6) is 0.829. The quantitative estimate of drug-likeness (QED) is 0.808. The SMILES string of the molecule is CCn1ccnc1-c1ncc(C)cc1N. The zero-order chi connectivity index (χ0) is 10.8. The molecular formula is C11H14N4. The molecular weight excluding hydrogens is 188 g/mol. The molecule has 0 saturated heterocycles. The minimum absolute atomic E-state index is 0.677. The number of pyridine rings is 1. The normalized spacial score (nSPS) is 10.5. The Balaban J connectivity index is 2.54. The first kappa shape index (κ1) is 9.71. The molecule has 0 unspecified atom stereocenters. The molecule has 2 aromatic rings. The number of imidazole rings is 1. The second-order valence-corrected chi connectivity index (χ2v) is 3.49. The van der Waals surface area contributed by atoms with Gasteiger partial charge in [-0.25, -0.2) is 4.98 Å². The van der Waals surface area contributed by atoms with Crippen LogP contribution in [0.15, 0.2) is 24.7 Å². The van der Waals surface area contributed by atoms with Crippen molar-refractivity contribution in [1.82, 2.24) is 14.5 Å². The molecule has 0 bridgehead atoms. The third-order valence-electron chi connectivity index (χ3n) is 2.32. The number of nitrogens with two attached hydrogens (primary N) is 1. The summed E-state index contributed by atoms with van der Waals surface area (Å²) in [5.41, 5.74) is 8.41. The maximum absolute atomic E-state index is 5.92. The highest BCUT2D eigenvalue weighted by molar-refractivity contribution is 5.67. The van der Waals surface area contributed by atoms with Crippen LogP contribution < -0.4 is 5.73 Å². The topological polar surface area (TPSA) is 56.7 Å². The first-order chi connectivity index (χ1) is 7.22. The summed E-state index contributed by atoms with van der Waals surface area (Å²) in [4.78, 5) is 8.59. The maximum Gasteiger partial charge on any atom is 0.160 e. The van der Waals surface area contributed by atoms with Crippen LogP contribution in [0.25, 0.3) is 11.5 Å². The van der Waals surface area contributed by atoms with Gasteiger partial charge in [0, 0.05) is 25.1 Å². The smallest absolute Gasteiger partial charge is 0.160 e. The number of nitrogen functional groups attached to an aromatic ring is 1. The average molecular weight is 202 g/mol. The van der Waals surface area contributed by atoms with Crippen LogP contribution >= 0.6 is 0 Å². The van der Waals surface area contributed by atoms with Crippen LogP contribution in [-0.4, -0.2) is 14.5 Å². The number of aryl methyl sites for hydroxylation is 2. The van der Waals surface area contributed by atoms with Gasteiger partial charge in [0.15, 0.2) is 5.82 Å². The molecule has 2 N–H and O–H groups in total. The van der Waals surface area contributed by atoms with Crippen LogP contribution in [0.4, 0.5) is 5.69 Å². The monoisotopic (exact) mass is 202 g/mol. The first-order valence-electron chi connectivity index (χ1n) is 4.96. The van der Waals surface area contributed by atoms with Gasteiger partial charge in [-0.3, -0.25) is 4.98 Å². The van der Waals surface area contributed by atoms with Crippen molar-refractivity contribution in [3.05, 3.63) is 30.2 Å². The summed E-state index contributed by atoms with van der Waals surface area (Å²) in [7, 11) is 0. The highest BCUT2D eigenvalue weighted by atomic mass is 15.1. The Morgan fingerprint density at radius 1 is 1.40 bits per heavy atom. The van der Waals surface area contributed by atoms with Crippen LogP contribution in [0.5, 0.6) is 0 Å². The molecule has 2 rings (SSSR count). The summed E-state index contributed by atoms with van der Waals surface area (Å²) < 4.78 is 2.02. The summed E-state index contributed by atoms with van der Waals surface area (Å²) >= 11 is 0. The van der Waals surface area contributed by atoms with Gasteiger partial charge >= 0.3 is 0 Å². The fourth-order valence-electron chi connectivity index (χ4n) is 1.56. The van der Waals surface area contributed by atoms with Gasteiger partial charge in [0.2, 0.25) is 0 Å². The fourth-order valence-corrected chi connectivity index (χ4v) is 1.56. The number of hydrogen-bond acceptors (Lipinski definition) is 3. The third kappa shape index (κ3) is 1.70. The van der Waals surface area contributed by atoms with Crippen molar-refractivity contribution < 1.29 is 0 Å². The molecule has 0 aliphatic rings. The van der Waals surface area contributed by atoms with Gasteiger partial charge in [-0.1, -0.05) is 0 Å². The van der Waals surface area contributed by atoms with E-state index in [-0.39, 0.29) is 0 Å². The molecule has 4 heteroatoms. The second kappa shape index (κ2) is 3.73. The van der Waals surface area contributed by atoms with Gasteiger partial charge in [-0.05, 0) is 25.5 Å². The predicted octanol–water partition coefficient (Wildman–Crippen LogP) is 1.86. The van der Waals surface area contributed by atoms with Crippen LogP contribution in [0, 0.1) is 6.92 Å². The van der Waals surface area contributed by atoms with E-state index in [4.69, 9.17) is 5.73 Å².